The number of alkyl halides is 1. The quantitative estimate of drug-likeness (QED) is 0.860. The van der Waals surface area contributed by atoms with Gasteiger partial charge in [-0.1, -0.05) is 24.3 Å². The molecule has 1 N–H and O–H groups in total. The number of hydrogen-bond acceptors (Lipinski definition) is 4. The third-order valence-electron chi connectivity index (χ3n) is 4.77. The first-order valence-electron chi connectivity index (χ1n) is 8.58. The van der Waals surface area contributed by atoms with Crippen molar-refractivity contribution in [2.45, 2.75) is 38.1 Å². The number of carboxylic acid groups (broad SMARTS) is 1. The fourth-order valence-corrected chi connectivity index (χ4v) is 3.61. The molecule has 2 atom stereocenters. The summed E-state index contributed by atoms with van der Waals surface area (Å²) in [5, 5.41) is 9.01. The highest BCUT2D eigenvalue weighted by atomic mass is 19.1. The van der Waals surface area contributed by atoms with Crippen LogP contribution in [0.5, 0.6) is 0 Å². The summed E-state index contributed by atoms with van der Waals surface area (Å²) in [5.41, 5.74) is 2.35. The van der Waals surface area contributed by atoms with E-state index in [1.165, 1.54) is 5.56 Å². The maximum atomic E-state index is 13.7. The lowest BCUT2D eigenvalue weighted by molar-refractivity contribution is -0.138. The molecule has 2 aliphatic heterocycles. The Balaban J connectivity index is 1.61. The first kappa shape index (κ1) is 17.3. The number of aliphatic carboxylic acids is 1. The predicted octanol–water partition coefficient (Wildman–Crippen LogP) is 1.91. The normalized spacial score (nSPS) is 25.9. The number of carboxylic acids is 1. The largest absolute Gasteiger partial charge is 0.481 e. The van der Waals surface area contributed by atoms with Gasteiger partial charge in [0, 0.05) is 38.8 Å². The number of rotatable bonds is 6. The van der Waals surface area contributed by atoms with Gasteiger partial charge in [0.2, 0.25) is 0 Å². The van der Waals surface area contributed by atoms with Crippen molar-refractivity contribution < 1.29 is 19.0 Å². The van der Waals surface area contributed by atoms with Crippen molar-refractivity contribution in [3.05, 3.63) is 35.4 Å². The minimum Gasteiger partial charge on any atom is -0.481 e. The average molecular weight is 336 g/mol. The molecule has 3 rings (SSSR count). The number of ether oxygens (including phenoxy) is 1. The zero-order valence-corrected chi connectivity index (χ0v) is 13.9. The van der Waals surface area contributed by atoms with Crippen molar-refractivity contribution >= 4 is 5.97 Å². The molecule has 0 saturated carbocycles. The number of morpholine rings is 1. The molecule has 1 aromatic carbocycles. The zero-order valence-electron chi connectivity index (χ0n) is 13.9. The lowest BCUT2D eigenvalue weighted by atomic mass is 10.1. The van der Waals surface area contributed by atoms with Crippen LogP contribution in [0.4, 0.5) is 4.39 Å². The van der Waals surface area contributed by atoms with E-state index < -0.39 is 12.1 Å². The summed E-state index contributed by atoms with van der Waals surface area (Å²) in [6, 6.07) is 8.11. The van der Waals surface area contributed by atoms with Crippen molar-refractivity contribution in [1.29, 1.82) is 0 Å². The van der Waals surface area contributed by atoms with E-state index >= 15 is 0 Å². The SMILES string of the molecule is O=C(O)C[C@H]1C[C@H](F)CN1Cc1cccc(CN2CCOCC2)c1. The van der Waals surface area contributed by atoms with Crippen LogP contribution in [-0.2, 0) is 22.6 Å². The molecular formula is C18H25FN2O3. The molecule has 5 nitrogen and oxygen atoms in total. The molecule has 0 spiro atoms. The fraction of sp³-hybridized carbons (Fsp3) is 0.611. The van der Waals surface area contributed by atoms with E-state index in [4.69, 9.17) is 9.84 Å². The van der Waals surface area contributed by atoms with Crippen LogP contribution >= 0.6 is 0 Å². The number of halogens is 1. The highest BCUT2D eigenvalue weighted by molar-refractivity contribution is 5.67. The van der Waals surface area contributed by atoms with Crippen molar-refractivity contribution in [2.24, 2.45) is 0 Å². The maximum absolute atomic E-state index is 13.7. The Morgan fingerprint density at radius 1 is 1.25 bits per heavy atom. The molecule has 0 bridgehead atoms. The molecular weight excluding hydrogens is 311 g/mol. The van der Waals surface area contributed by atoms with E-state index in [-0.39, 0.29) is 12.5 Å². The average Bonchev–Trinajstić information content (AvgIpc) is 2.87. The number of hydrogen-bond donors (Lipinski definition) is 1. The summed E-state index contributed by atoms with van der Waals surface area (Å²) in [6.07, 6.45) is -0.598. The molecule has 6 heteroatoms. The summed E-state index contributed by atoms with van der Waals surface area (Å²) in [6.45, 7) is 5.27. The zero-order chi connectivity index (χ0) is 16.9. The monoisotopic (exact) mass is 336 g/mol. The van der Waals surface area contributed by atoms with Gasteiger partial charge in [0.15, 0.2) is 0 Å². The Labute approximate surface area is 142 Å². The molecule has 2 fully saturated rings. The first-order chi connectivity index (χ1) is 11.6. The minimum atomic E-state index is -0.925. The number of nitrogens with zero attached hydrogens (tertiary/aromatic N) is 2. The summed E-state index contributed by atoms with van der Waals surface area (Å²) in [4.78, 5) is 15.3. The van der Waals surface area contributed by atoms with Gasteiger partial charge in [-0.25, -0.2) is 4.39 Å². The van der Waals surface area contributed by atoms with Crippen LogP contribution in [0, 0.1) is 0 Å². The highest BCUT2D eigenvalue weighted by Gasteiger charge is 2.33. The van der Waals surface area contributed by atoms with E-state index in [1.807, 2.05) is 17.0 Å². The Morgan fingerprint density at radius 2 is 1.96 bits per heavy atom. The molecule has 24 heavy (non-hydrogen) atoms. The van der Waals surface area contributed by atoms with Crippen molar-refractivity contribution in [1.82, 2.24) is 9.80 Å². The van der Waals surface area contributed by atoms with Crippen LogP contribution in [0.15, 0.2) is 24.3 Å². The minimum absolute atomic E-state index is 0.00783. The molecule has 0 aliphatic carbocycles. The summed E-state index contributed by atoms with van der Waals surface area (Å²) in [7, 11) is 0. The second kappa shape index (κ2) is 8.05. The third-order valence-corrected chi connectivity index (χ3v) is 4.77. The molecule has 132 valence electrons. The van der Waals surface area contributed by atoms with Gasteiger partial charge >= 0.3 is 5.97 Å². The van der Waals surface area contributed by atoms with E-state index in [9.17, 15) is 9.18 Å². The Hall–Kier alpha value is -1.50. The van der Waals surface area contributed by atoms with Crippen LogP contribution in [0.2, 0.25) is 0 Å². The molecule has 2 heterocycles. The van der Waals surface area contributed by atoms with Crippen LogP contribution < -0.4 is 0 Å². The molecule has 1 aromatic rings. The van der Waals surface area contributed by atoms with Crippen LogP contribution in [-0.4, -0.2) is 65.9 Å². The number of likely N-dealkylation sites (tertiary alicyclic amines) is 1. The smallest absolute Gasteiger partial charge is 0.304 e. The molecule has 2 saturated heterocycles. The van der Waals surface area contributed by atoms with Crippen LogP contribution in [0.1, 0.15) is 24.0 Å². The standard InChI is InChI=1S/C18H25FN2O3/c19-16-9-17(10-18(22)23)21(13-16)12-15-3-1-2-14(8-15)11-20-4-6-24-7-5-20/h1-3,8,16-17H,4-7,9-13H2,(H,22,23)/t16-,17+/m0/s1. The van der Waals surface area contributed by atoms with Gasteiger partial charge in [0.25, 0.3) is 0 Å². The van der Waals surface area contributed by atoms with E-state index in [2.05, 4.69) is 17.0 Å². The molecule has 0 unspecified atom stereocenters. The molecule has 2 aliphatic rings. The third kappa shape index (κ3) is 4.75. The summed E-state index contributed by atoms with van der Waals surface area (Å²) >= 11 is 0. The van der Waals surface area contributed by atoms with E-state index in [0.29, 0.717) is 19.5 Å². The van der Waals surface area contributed by atoms with Crippen molar-refractivity contribution in [2.75, 3.05) is 32.8 Å². The first-order valence-corrected chi connectivity index (χ1v) is 8.58. The van der Waals surface area contributed by atoms with E-state index in [1.54, 1.807) is 0 Å². The highest BCUT2D eigenvalue weighted by Crippen LogP contribution is 2.25. The van der Waals surface area contributed by atoms with Gasteiger partial charge in [0.1, 0.15) is 6.17 Å². The topological polar surface area (TPSA) is 53.0 Å². The lowest BCUT2D eigenvalue weighted by Gasteiger charge is -2.27. The Kier molecular flexibility index (Phi) is 5.81. The van der Waals surface area contributed by atoms with E-state index in [0.717, 1.165) is 38.4 Å². The second-order valence-electron chi connectivity index (χ2n) is 6.72. The van der Waals surface area contributed by atoms with Crippen molar-refractivity contribution in [3.8, 4) is 0 Å². The maximum Gasteiger partial charge on any atom is 0.304 e. The van der Waals surface area contributed by atoms with Gasteiger partial charge in [-0.15, -0.1) is 0 Å². The summed E-state index contributed by atoms with van der Waals surface area (Å²) in [5.74, 6) is -0.861. The van der Waals surface area contributed by atoms with Gasteiger partial charge in [-0.2, -0.15) is 0 Å². The molecule has 0 aromatic heterocycles. The van der Waals surface area contributed by atoms with Gasteiger partial charge < -0.3 is 9.84 Å². The number of carbonyl (C=O) groups is 1. The fourth-order valence-electron chi connectivity index (χ4n) is 3.61. The van der Waals surface area contributed by atoms with Gasteiger partial charge in [0.05, 0.1) is 19.6 Å². The Morgan fingerprint density at radius 3 is 2.67 bits per heavy atom. The van der Waals surface area contributed by atoms with Gasteiger partial charge in [-0.3, -0.25) is 14.6 Å². The summed E-state index contributed by atoms with van der Waals surface area (Å²) < 4.78 is 19.1. The van der Waals surface area contributed by atoms with Crippen molar-refractivity contribution in [3.63, 3.8) is 0 Å². The van der Waals surface area contributed by atoms with Gasteiger partial charge in [-0.05, 0) is 17.5 Å². The predicted molar refractivity (Wildman–Crippen MR) is 88.5 cm³/mol. The number of benzene rings is 1. The van der Waals surface area contributed by atoms with Crippen LogP contribution in [0.3, 0.4) is 0 Å². The lowest BCUT2D eigenvalue weighted by Crippen LogP contribution is -2.35. The molecule has 0 amide bonds. The molecule has 0 radical (unpaired) electrons. The van der Waals surface area contributed by atoms with Crippen LogP contribution in [0.25, 0.3) is 0 Å². The Bertz CT molecular complexity index is 563. The second-order valence-corrected chi connectivity index (χ2v) is 6.72.